The van der Waals surface area contributed by atoms with Gasteiger partial charge in [-0.15, -0.1) is 0 Å². The first-order valence-electron chi connectivity index (χ1n) is 3.31. The molecular formula is C6H7F3O. The van der Waals surface area contributed by atoms with Crippen LogP contribution in [0.4, 0.5) is 13.2 Å². The molecule has 10 heavy (non-hydrogen) atoms. The van der Waals surface area contributed by atoms with E-state index in [2.05, 4.69) is 0 Å². The smallest absolute Gasteiger partial charge is 0.369 e. The van der Waals surface area contributed by atoms with Crippen LogP contribution in [0.1, 0.15) is 12.8 Å². The minimum absolute atomic E-state index is 0.0633. The van der Waals surface area contributed by atoms with E-state index in [1.807, 2.05) is 0 Å². The summed E-state index contributed by atoms with van der Waals surface area (Å²) in [7, 11) is 0. The number of hydrogen-bond donors (Lipinski definition) is 0. The molecule has 1 nitrogen and oxygen atoms in total. The number of hydrogen-bond acceptors (Lipinski definition) is 1. The molecule has 1 aliphatic heterocycles. The van der Waals surface area contributed by atoms with Gasteiger partial charge in [0.1, 0.15) is 0 Å². The maximum Gasteiger partial charge on any atom is 0.394 e. The highest BCUT2D eigenvalue weighted by atomic mass is 19.4. The van der Waals surface area contributed by atoms with Crippen LogP contribution in [0.25, 0.3) is 0 Å². The molecule has 3 unspecified atom stereocenters. The first-order chi connectivity index (χ1) is 4.59. The molecule has 0 bridgehead atoms. The van der Waals surface area contributed by atoms with Gasteiger partial charge in [0, 0.05) is 0 Å². The van der Waals surface area contributed by atoms with E-state index >= 15 is 0 Å². The molecule has 0 aromatic heterocycles. The van der Waals surface area contributed by atoms with Gasteiger partial charge in [-0.25, -0.2) is 0 Å². The molecule has 4 heteroatoms. The lowest BCUT2D eigenvalue weighted by Gasteiger charge is -2.13. The van der Waals surface area contributed by atoms with E-state index in [-0.39, 0.29) is 12.5 Å². The standard InChI is InChI=1S/C6H7F3O/c7-6(8,9)3-1-2-4-5(3)10-4/h3-5H,1-2H2. The van der Waals surface area contributed by atoms with Crippen molar-refractivity contribution < 1.29 is 17.9 Å². The third-order valence-electron chi connectivity index (χ3n) is 2.20. The Labute approximate surface area is 56.2 Å². The van der Waals surface area contributed by atoms with Gasteiger partial charge in [0.15, 0.2) is 0 Å². The third kappa shape index (κ3) is 0.820. The van der Waals surface area contributed by atoms with Crippen molar-refractivity contribution in [2.45, 2.75) is 31.2 Å². The van der Waals surface area contributed by atoms with E-state index in [0.717, 1.165) is 0 Å². The Hall–Kier alpha value is -0.250. The van der Waals surface area contributed by atoms with Crippen LogP contribution >= 0.6 is 0 Å². The normalized spacial score (nSPS) is 45.3. The second kappa shape index (κ2) is 1.67. The zero-order valence-corrected chi connectivity index (χ0v) is 5.19. The molecule has 2 rings (SSSR count). The van der Waals surface area contributed by atoms with Crippen LogP contribution in [0.5, 0.6) is 0 Å². The first-order valence-corrected chi connectivity index (χ1v) is 3.31. The second-order valence-corrected chi connectivity index (χ2v) is 2.86. The van der Waals surface area contributed by atoms with Crippen molar-refractivity contribution in [1.82, 2.24) is 0 Å². The summed E-state index contributed by atoms with van der Waals surface area (Å²) in [5, 5.41) is 0. The van der Waals surface area contributed by atoms with E-state index in [1.54, 1.807) is 0 Å². The van der Waals surface area contributed by atoms with Gasteiger partial charge in [0.25, 0.3) is 0 Å². The molecule has 0 radical (unpaired) electrons. The predicted molar refractivity (Wildman–Crippen MR) is 27.4 cm³/mol. The number of alkyl halides is 3. The highest BCUT2D eigenvalue weighted by Crippen LogP contribution is 2.49. The number of rotatable bonds is 0. The van der Waals surface area contributed by atoms with Gasteiger partial charge < -0.3 is 4.74 Å². The van der Waals surface area contributed by atoms with Crippen molar-refractivity contribution in [3.63, 3.8) is 0 Å². The SMILES string of the molecule is FC(F)(F)C1CCC2OC21. The summed E-state index contributed by atoms with van der Waals surface area (Å²) < 4.78 is 40.6. The fourth-order valence-corrected chi connectivity index (χ4v) is 1.60. The summed E-state index contributed by atoms with van der Waals surface area (Å²) >= 11 is 0. The number of halogens is 3. The molecule has 3 atom stereocenters. The Morgan fingerprint density at radius 1 is 1.20 bits per heavy atom. The van der Waals surface area contributed by atoms with Crippen LogP contribution < -0.4 is 0 Å². The summed E-state index contributed by atoms with van der Waals surface area (Å²) in [4.78, 5) is 0. The van der Waals surface area contributed by atoms with Crippen molar-refractivity contribution in [2.24, 2.45) is 5.92 Å². The predicted octanol–water partition coefficient (Wildman–Crippen LogP) is 1.73. The molecule has 0 N–H and O–H groups in total. The Balaban J connectivity index is 2.05. The van der Waals surface area contributed by atoms with Crippen LogP contribution in [-0.2, 0) is 4.74 Å². The summed E-state index contributed by atoms with van der Waals surface area (Å²) in [6, 6.07) is 0. The van der Waals surface area contributed by atoms with E-state index in [9.17, 15) is 13.2 Å². The Bertz CT molecular complexity index is 154. The van der Waals surface area contributed by atoms with Crippen LogP contribution in [0.2, 0.25) is 0 Å². The van der Waals surface area contributed by atoms with Crippen LogP contribution in [0.3, 0.4) is 0 Å². The van der Waals surface area contributed by atoms with Gasteiger partial charge in [-0.1, -0.05) is 0 Å². The molecule has 2 aliphatic rings. The van der Waals surface area contributed by atoms with E-state index in [0.29, 0.717) is 6.42 Å². The maximum atomic E-state index is 12.0. The molecule has 1 saturated carbocycles. The summed E-state index contributed by atoms with van der Waals surface area (Å²) in [6.45, 7) is 0. The van der Waals surface area contributed by atoms with Crippen LogP contribution in [0, 0.1) is 5.92 Å². The largest absolute Gasteiger partial charge is 0.394 e. The topological polar surface area (TPSA) is 12.5 Å². The monoisotopic (exact) mass is 152 g/mol. The lowest BCUT2D eigenvalue weighted by molar-refractivity contribution is -0.179. The minimum Gasteiger partial charge on any atom is -0.369 e. The zero-order chi connectivity index (χ0) is 7.35. The quantitative estimate of drug-likeness (QED) is 0.481. The minimum atomic E-state index is -4.03. The molecule has 2 fully saturated rings. The lowest BCUT2D eigenvalue weighted by atomic mass is 10.1. The van der Waals surface area contributed by atoms with Gasteiger partial charge in [0.05, 0.1) is 18.1 Å². The molecule has 58 valence electrons. The third-order valence-corrected chi connectivity index (χ3v) is 2.20. The van der Waals surface area contributed by atoms with Gasteiger partial charge >= 0.3 is 6.18 Å². The average molecular weight is 152 g/mol. The fraction of sp³-hybridized carbons (Fsp3) is 1.00. The summed E-state index contributed by atoms with van der Waals surface area (Å²) in [5.74, 6) is -1.17. The van der Waals surface area contributed by atoms with Gasteiger partial charge in [0.2, 0.25) is 0 Å². The molecule has 0 aromatic rings. The fourth-order valence-electron chi connectivity index (χ4n) is 1.60. The first kappa shape index (κ1) is 6.46. The highest BCUT2D eigenvalue weighted by molar-refractivity contribution is 5.00. The number of ether oxygens (including phenoxy) is 1. The molecule has 1 aliphatic carbocycles. The van der Waals surface area contributed by atoms with Crippen molar-refractivity contribution in [2.75, 3.05) is 0 Å². The highest BCUT2D eigenvalue weighted by Gasteiger charge is 2.60. The molecule has 1 heterocycles. The molecular weight excluding hydrogens is 145 g/mol. The summed E-state index contributed by atoms with van der Waals surface area (Å²) in [5.41, 5.74) is 0. The van der Waals surface area contributed by atoms with Gasteiger partial charge in [-0.05, 0) is 12.8 Å². The van der Waals surface area contributed by atoms with Gasteiger partial charge in [-0.2, -0.15) is 13.2 Å². The Morgan fingerprint density at radius 2 is 1.90 bits per heavy atom. The molecule has 0 aromatic carbocycles. The Kier molecular flexibility index (Phi) is 1.08. The second-order valence-electron chi connectivity index (χ2n) is 2.86. The molecule has 1 saturated heterocycles. The van der Waals surface area contributed by atoms with E-state index in [1.165, 1.54) is 0 Å². The van der Waals surface area contributed by atoms with Crippen molar-refractivity contribution in [3.05, 3.63) is 0 Å². The van der Waals surface area contributed by atoms with E-state index in [4.69, 9.17) is 4.74 Å². The van der Waals surface area contributed by atoms with Crippen LogP contribution in [-0.4, -0.2) is 18.4 Å². The lowest BCUT2D eigenvalue weighted by Crippen LogP contribution is -2.25. The van der Waals surface area contributed by atoms with Crippen molar-refractivity contribution in [3.8, 4) is 0 Å². The number of epoxide rings is 1. The van der Waals surface area contributed by atoms with E-state index < -0.39 is 18.2 Å². The van der Waals surface area contributed by atoms with Crippen molar-refractivity contribution in [1.29, 1.82) is 0 Å². The van der Waals surface area contributed by atoms with Gasteiger partial charge in [-0.3, -0.25) is 0 Å². The molecule has 0 spiro atoms. The average Bonchev–Trinajstić information content (AvgIpc) is 2.40. The zero-order valence-electron chi connectivity index (χ0n) is 5.19. The number of fused-ring (bicyclic) bond motifs is 1. The maximum absolute atomic E-state index is 12.0. The Morgan fingerprint density at radius 3 is 2.10 bits per heavy atom. The summed E-state index contributed by atoms with van der Waals surface area (Å²) in [6.07, 6.45) is -3.73. The molecule has 0 amide bonds. The van der Waals surface area contributed by atoms with Crippen LogP contribution in [0.15, 0.2) is 0 Å². The van der Waals surface area contributed by atoms with Crippen molar-refractivity contribution >= 4 is 0 Å².